The van der Waals surface area contributed by atoms with Crippen molar-refractivity contribution in [1.82, 2.24) is 19.1 Å². The van der Waals surface area contributed by atoms with Gasteiger partial charge >= 0.3 is 5.69 Å². The molecule has 0 unspecified atom stereocenters. The molecule has 5 aromatic rings. The summed E-state index contributed by atoms with van der Waals surface area (Å²) in [5.74, 6) is -0.163. The van der Waals surface area contributed by atoms with Crippen LogP contribution in [-0.4, -0.2) is 25.0 Å². The lowest BCUT2D eigenvalue weighted by atomic mass is 10.0. The van der Waals surface area contributed by atoms with Gasteiger partial charge in [-0.05, 0) is 48.4 Å². The van der Waals surface area contributed by atoms with E-state index in [1.165, 1.54) is 6.92 Å². The number of pyridine rings is 2. The maximum absolute atomic E-state index is 13.3. The van der Waals surface area contributed by atoms with Crippen molar-refractivity contribution in [2.24, 2.45) is 7.05 Å². The van der Waals surface area contributed by atoms with Crippen molar-refractivity contribution in [3.05, 3.63) is 82.1 Å². The minimum absolute atomic E-state index is 0.163. The summed E-state index contributed by atoms with van der Waals surface area (Å²) in [6.07, 6.45) is 5.05. The van der Waals surface area contributed by atoms with E-state index in [2.05, 4.69) is 15.3 Å². The van der Waals surface area contributed by atoms with E-state index in [-0.39, 0.29) is 11.6 Å². The van der Waals surface area contributed by atoms with E-state index in [0.717, 1.165) is 38.8 Å². The van der Waals surface area contributed by atoms with Gasteiger partial charge in [0.1, 0.15) is 0 Å². The summed E-state index contributed by atoms with van der Waals surface area (Å²) in [4.78, 5) is 33.6. The largest absolute Gasteiger partial charge is 0.333 e. The highest BCUT2D eigenvalue weighted by Gasteiger charge is 2.18. The molecule has 0 spiro atoms. The van der Waals surface area contributed by atoms with Crippen LogP contribution in [0.25, 0.3) is 38.8 Å². The number of hydrogen-bond donors (Lipinski definition) is 1. The molecule has 35 heavy (non-hydrogen) atoms. The monoisotopic (exact) mass is 487 g/mol. The molecule has 3 heterocycles. The SMILES string of the molecule is CC.CC(=O)Nc1cncc(-c2ccc3ncc4c(c3c2)n(-c2cccc(Cl)c2C)c(=O)n4C)c1. The number of hydrogen-bond acceptors (Lipinski definition) is 4. The van der Waals surface area contributed by atoms with Crippen molar-refractivity contribution in [3.63, 3.8) is 0 Å². The number of amides is 1. The molecule has 0 saturated heterocycles. The van der Waals surface area contributed by atoms with Crippen LogP contribution < -0.4 is 11.0 Å². The Balaban J connectivity index is 0.00000141. The lowest BCUT2D eigenvalue weighted by molar-refractivity contribution is -0.114. The molecule has 0 aliphatic carbocycles. The highest BCUT2D eigenvalue weighted by molar-refractivity contribution is 6.31. The summed E-state index contributed by atoms with van der Waals surface area (Å²) in [7, 11) is 1.74. The zero-order chi connectivity index (χ0) is 25.3. The lowest BCUT2D eigenvalue weighted by Gasteiger charge is -2.11. The zero-order valence-corrected chi connectivity index (χ0v) is 21.0. The summed E-state index contributed by atoms with van der Waals surface area (Å²) in [6.45, 7) is 7.36. The van der Waals surface area contributed by atoms with Gasteiger partial charge in [-0.15, -0.1) is 0 Å². The Morgan fingerprint density at radius 1 is 1.03 bits per heavy atom. The number of halogens is 1. The number of aromatic nitrogens is 4. The minimum atomic E-state index is -0.176. The minimum Gasteiger partial charge on any atom is -0.325 e. The third kappa shape index (κ3) is 4.31. The summed E-state index contributed by atoms with van der Waals surface area (Å²) in [5.41, 5.74) is 5.95. The fourth-order valence-electron chi connectivity index (χ4n) is 4.11. The molecule has 7 nitrogen and oxygen atoms in total. The molecule has 0 radical (unpaired) electrons. The molecule has 1 N–H and O–H groups in total. The lowest BCUT2D eigenvalue weighted by Crippen LogP contribution is -2.21. The van der Waals surface area contributed by atoms with E-state index >= 15 is 0 Å². The number of nitrogens with zero attached hydrogens (tertiary/aromatic N) is 4. The predicted octanol–water partition coefficient (Wildman–Crippen LogP) is 5.89. The molecule has 0 bridgehead atoms. The first-order valence-corrected chi connectivity index (χ1v) is 11.7. The summed E-state index contributed by atoms with van der Waals surface area (Å²) in [5, 5.41) is 4.18. The van der Waals surface area contributed by atoms with Gasteiger partial charge in [-0.25, -0.2) is 4.79 Å². The smallest absolute Gasteiger partial charge is 0.325 e. The number of nitrogens with one attached hydrogen (secondary N) is 1. The van der Waals surface area contributed by atoms with Crippen molar-refractivity contribution >= 4 is 45.1 Å². The van der Waals surface area contributed by atoms with Crippen molar-refractivity contribution in [2.75, 3.05) is 5.32 Å². The Bertz CT molecular complexity index is 1630. The van der Waals surface area contributed by atoms with Crippen molar-refractivity contribution < 1.29 is 4.79 Å². The maximum Gasteiger partial charge on any atom is 0.333 e. The van der Waals surface area contributed by atoms with Crippen LogP contribution in [0.3, 0.4) is 0 Å². The number of anilines is 1. The molecule has 5 rings (SSSR count). The van der Waals surface area contributed by atoms with Crippen molar-refractivity contribution in [2.45, 2.75) is 27.7 Å². The van der Waals surface area contributed by atoms with Gasteiger partial charge < -0.3 is 5.32 Å². The fourth-order valence-corrected chi connectivity index (χ4v) is 4.28. The van der Waals surface area contributed by atoms with Crippen LogP contribution >= 0.6 is 11.6 Å². The first kappa shape index (κ1) is 24.2. The highest BCUT2D eigenvalue weighted by Crippen LogP contribution is 2.31. The Morgan fingerprint density at radius 3 is 2.54 bits per heavy atom. The van der Waals surface area contributed by atoms with E-state index in [1.54, 1.807) is 34.8 Å². The predicted molar refractivity (Wildman–Crippen MR) is 142 cm³/mol. The number of carbonyl (C=O) groups excluding carboxylic acids is 1. The van der Waals surface area contributed by atoms with E-state index in [4.69, 9.17) is 11.6 Å². The molecular weight excluding hydrogens is 462 g/mol. The third-order valence-electron chi connectivity index (χ3n) is 5.76. The molecule has 3 aromatic heterocycles. The van der Waals surface area contributed by atoms with E-state index in [9.17, 15) is 9.59 Å². The average Bonchev–Trinajstić information content (AvgIpc) is 3.12. The zero-order valence-electron chi connectivity index (χ0n) is 20.3. The number of fused-ring (bicyclic) bond motifs is 3. The molecule has 0 saturated carbocycles. The van der Waals surface area contributed by atoms with Crippen LogP contribution in [0.15, 0.2) is 65.8 Å². The molecule has 0 atom stereocenters. The van der Waals surface area contributed by atoms with Gasteiger partial charge in [0.2, 0.25) is 5.91 Å². The van der Waals surface area contributed by atoms with Crippen molar-refractivity contribution in [3.8, 4) is 16.8 Å². The van der Waals surface area contributed by atoms with Crippen LogP contribution in [0, 0.1) is 6.92 Å². The van der Waals surface area contributed by atoms with Gasteiger partial charge in [0.15, 0.2) is 0 Å². The molecule has 8 heteroatoms. The topological polar surface area (TPSA) is 81.8 Å². The first-order chi connectivity index (χ1) is 16.8. The summed E-state index contributed by atoms with van der Waals surface area (Å²) < 4.78 is 3.28. The Morgan fingerprint density at radius 2 is 1.80 bits per heavy atom. The van der Waals surface area contributed by atoms with Crippen LogP contribution in [0.1, 0.15) is 26.3 Å². The molecule has 1 amide bonds. The molecular formula is C27H26ClN5O2. The second-order valence-corrected chi connectivity index (χ2v) is 8.34. The molecule has 2 aromatic carbocycles. The number of rotatable bonds is 3. The van der Waals surface area contributed by atoms with Crippen LogP contribution in [-0.2, 0) is 11.8 Å². The van der Waals surface area contributed by atoms with E-state index < -0.39 is 0 Å². The molecule has 0 fully saturated rings. The normalized spacial score (nSPS) is 10.8. The summed E-state index contributed by atoms with van der Waals surface area (Å²) >= 11 is 6.38. The fraction of sp³-hybridized carbons (Fsp3) is 0.185. The second kappa shape index (κ2) is 9.72. The quantitative estimate of drug-likeness (QED) is 0.344. The maximum atomic E-state index is 13.3. The highest BCUT2D eigenvalue weighted by atomic mass is 35.5. The number of aryl methyl sites for hydroxylation is 1. The van der Waals surface area contributed by atoms with Crippen LogP contribution in [0.4, 0.5) is 5.69 Å². The Kier molecular flexibility index (Phi) is 6.71. The Labute approximate surface area is 208 Å². The van der Waals surface area contributed by atoms with Gasteiger partial charge in [0.05, 0.1) is 40.3 Å². The molecule has 0 aliphatic heterocycles. The van der Waals surface area contributed by atoms with E-state index in [1.807, 2.05) is 63.2 Å². The number of benzene rings is 2. The Hall–Kier alpha value is -3.97. The second-order valence-electron chi connectivity index (χ2n) is 7.93. The first-order valence-electron chi connectivity index (χ1n) is 11.3. The van der Waals surface area contributed by atoms with Gasteiger partial charge in [-0.3, -0.25) is 23.9 Å². The molecule has 178 valence electrons. The van der Waals surface area contributed by atoms with Gasteiger partial charge in [0, 0.05) is 36.1 Å². The van der Waals surface area contributed by atoms with Gasteiger partial charge in [0.25, 0.3) is 0 Å². The average molecular weight is 488 g/mol. The van der Waals surface area contributed by atoms with Gasteiger partial charge in [-0.1, -0.05) is 37.6 Å². The van der Waals surface area contributed by atoms with Crippen LogP contribution in [0.2, 0.25) is 5.02 Å². The van der Waals surface area contributed by atoms with E-state index in [0.29, 0.717) is 16.2 Å². The standard InChI is InChI=1S/C25H20ClN5O2.C2H6/c1-14-20(26)5-4-6-22(14)31-24-19-10-16(17-9-18(12-27-11-17)29-15(2)32)7-8-21(19)28-13-23(24)30(3)25(31)33;1-2/h4-13H,1-3H3,(H,29,32);1-2H3. The molecule has 0 aliphatic rings. The van der Waals surface area contributed by atoms with Crippen LogP contribution in [0.5, 0.6) is 0 Å². The summed E-state index contributed by atoms with van der Waals surface area (Å²) in [6, 6.07) is 13.3. The number of imidazole rings is 1. The van der Waals surface area contributed by atoms with Gasteiger partial charge in [-0.2, -0.15) is 0 Å². The van der Waals surface area contributed by atoms with Crippen molar-refractivity contribution in [1.29, 1.82) is 0 Å². The number of carbonyl (C=O) groups is 1. The third-order valence-corrected chi connectivity index (χ3v) is 6.16.